The van der Waals surface area contributed by atoms with Gasteiger partial charge in [-0.15, -0.1) is 5.10 Å². The van der Waals surface area contributed by atoms with Gasteiger partial charge in [0.1, 0.15) is 0 Å². The normalized spacial score (nSPS) is 19.6. The molecule has 2 saturated heterocycles. The molecule has 2 N–H and O–H groups in total. The molecule has 2 fully saturated rings. The zero-order valence-electron chi connectivity index (χ0n) is 18.4. The predicted molar refractivity (Wildman–Crippen MR) is 121 cm³/mol. The highest BCUT2D eigenvalue weighted by Gasteiger charge is 2.23. The number of carbonyl (C=O) groups is 1. The second-order valence-electron chi connectivity index (χ2n) is 8.55. The Hall–Kier alpha value is -2.29. The maximum Gasteiger partial charge on any atom is 0.273 e. The molecule has 168 valence electrons. The summed E-state index contributed by atoms with van der Waals surface area (Å²) in [4.78, 5) is 17.7. The number of piperazine rings is 1. The SMILES string of the molecule is O=C(NC[C@H](c1ccccc1)N1CCCCCC1)c1cn(CCN2CCNCC2)nn1. The number of carbonyl (C=O) groups excluding carboxylic acids is 1. The Labute approximate surface area is 185 Å². The van der Waals surface area contributed by atoms with E-state index >= 15 is 0 Å². The molecule has 2 aromatic rings. The monoisotopic (exact) mass is 425 g/mol. The van der Waals surface area contributed by atoms with Gasteiger partial charge in [-0.3, -0.25) is 19.3 Å². The van der Waals surface area contributed by atoms with Crippen molar-refractivity contribution in [1.82, 2.24) is 35.4 Å². The van der Waals surface area contributed by atoms with E-state index in [1.54, 1.807) is 10.9 Å². The van der Waals surface area contributed by atoms with E-state index in [9.17, 15) is 4.79 Å². The van der Waals surface area contributed by atoms with Gasteiger partial charge >= 0.3 is 0 Å². The van der Waals surface area contributed by atoms with Crippen molar-refractivity contribution in [3.8, 4) is 0 Å². The van der Waals surface area contributed by atoms with Gasteiger partial charge in [-0.2, -0.15) is 0 Å². The lowest BCUT2D eigenvalue weighted by atomic mass is 10.0. The number of amides is 1. The van der Waals surface area contributed by atoms with Crippen LogP contribution in [0.2, 0.25) is 0 Å². The van der Waals surface area contributed by atoms with Crippen LogP contribution in [0.5, 0.6) is 0 Å². The van der Waals surface area contributed by atoms with Gasteiger partial charge in [0.25, 0.3) is 5.91 Å². The van der Waals surface area contributed by atoms with Gasteiger partial charge in [-0.1, -0.05) is 48.4 Å². The van der Waals surface area contributed by atoms with Gasteiger partial charge in [0.2, 0.25) is 0 Å². The van der Waals surface area contributed by atoms with Crippen molar-refractivity contribution in [2.75, 3.05) is 52.4 Å². The Bertz CT molecular complexity index is 795. The minimum atomic E-state index is -0.149. The molecular formula is C23H35N7O. The fourth-order valence-corrected chi connectivity index (χ4v) is 4.51. The average molecular weight is 426 g/mol. The second-order valence-corrected chi connectivity index (χ2v) is 8.55. The number of nitrogens with zero attached hydrogens (tertiary/aromatic N) is 5. The number of rotatable bonds is 8. The molecule has 8 nitrogen and oxygen atoms in total. The summed E-state index contributed by atoms with van der Waals surface area (Å²) in [5.41, 5.74) is 1.65. The molecule has 0 radical (unpaired) electrons. The molecule has 1 aromatic carbocycles. The fraction of sp³-hybridized carbons (Fsp3) is 0.609. The van der Waals surface area contributed by atoms with Crippen LogP contribution in [0.25, 0.3) is 0 Å². The van der Waals surface area contributed by atoms with Crippen LogP contribution in [0.3, 0.4) is 0 Å². The molecule has 1 atom stereocenters. The van der Waals surface area contributed by atoms with E-state index < -0.39 is 0 Å². The minimum absolute atomic E-state index is 0.149. The molecule has 1 amide bonds. The molecule has 1 aromatic heterocycles. The molecule has 8 heteroatoms. The molecule has 0 unspecified atom stereocenters. The quantitative estimate of drug-likeness (QED) is 0.668. The topological polar surface area (TPSA) is 78.3 Å². The average Bonchev–Trinajstić information content (AvgIpc) is 3.14. The summed E-state index contributed by atoms with van der Waals surface area (Å²) in [7, 11) is 0. The molecule has 2 aliphatic rings. The largest absolute Gasteiger partial charge is 0.349 e. The van der Waals surface area contributed by atoms with E-state index in [4.69, 9.17) is 0 Å². The lowest BCUT2D eigenvalue weighted by Gasteiger charge is -2.31. The summed E-state index contributed by atoms with van der Waals surface area (Å²) in [5.74, 6) is -0.149. The Kier molecular flexibility index (Phi) is 8.04. The first-order valence-electron chi connectivity index (χ1n) is 11.7. The zero-order valence-corrected chi connectivity index (χ0v) is 18.4. The van der Waals surface area contributed by atoms with Crippen molar-refractivity contribution in [2.24, 2.45) is 0 Å². The first kappa shape index (κ1) is 21.9. The molecule has 0 spiro atoms. The predicted octanol–water partition coefficient (Wildman–Crippen LogP) is 1.53. The standard InChI is InChI=1S/C23H35N7O/c31-23(21-19-30(27-26-21)17-16-28-14-10-24-11-15-28)25-18-22(20-8-4-3-5-9-20)29-12-6-1-2-7-13-29/h3-5,8-9,19,22,24H,1-2,6-7,10-18H2,(H,25,31)/t22-/m1/s1. The molecule has 2 aliphatic heterocycles. The number of hydrogen-bond acceptors (Lipinski definition) is 6. The van der Waals surface area contributed by atoms with Crippen LogP contribution in [0.4, 0.5) is 0 Å². The van der Waals surface area contributed by atoms with Crippen molar-refractivity contribution >= 4 is 5.91 Å². The summed E-state index contributed by atoms with van der Waals surface area (Å²) in [5, 5.41) is 14.8. The number of likely N-dealkylation sites (tertiary alicyclic amines) is 1. The maximum atomic E-state index is 12.8. The summed E-state index contributed by atoms with van der Waals surface area (Å²) in [6.45, 7) is 8.59. The second kappa shape index (κ2) is 11.4. The Morgan fingerprint density at radius 3 is 2.48 bits per heavy atom. The number of aromatic nitrogens is 3. The van der Waals surface area contributed by atoms with E-state index in [1.807, 2.05) is 6.07 Å². The smallest absolute Gasteiger partial charge is 0.273 e. The fourth-order valence-electron chi connectivity index (χ4n) is 4.51. The van der Waals surface area contributed by atoms with Crippen LogP contribution >= 0.6 is 0 Å². The van der Waals surface area contributed by atoms with Crippen molar-refractivity contribution in [1.29, 1.82) is 0 Å². The van der Waals surface area contributed by atoms with Gasteiger partial charge in [-0.25, -0.2) is 0 Å². The third-order valence-electron chi connectivity index (χ3n) is 6.35. The van der Waals surface area contributed by atoms with Crippen molar-refractivity contribution < 1.29 is 4.79 Å². The molecule has 0 saturated carbocycles. The molecule has 0 aliphatic carbocycles. The molecule has 0 bridgehead atoms. The van der Waals surface area contributed by atoms with Crippen LogP contribution in [0.15, 0.2) is 36.5 Å². The number of nitrogens with one attached hydrogen (secondary N) is 2. The van der Waals surface area contributed by atoms with Gasteiger partial charge in [0.15, 0.2) is 5.69 Å². The van der Waals surface area contributed by atoms with E-state index in [-0.39, 0.29) is 11.9 Å². The number of hydrogen-bond donors (Lipinski definition) is 2. The summed E-state index contributed by atoms with van der Waals surface area (Å²) in [6.07, 6.45) is 6.79. The molecule has 31 heavy (non-hydrogen) atoms. The van der Waals surface area contributed by atoms with E-state index in [1.165, 1.54) is 31.2 Å². The zero-order chi connectivity index (χ0) is 21.3. The first-order valence-corrected chi connectivity index (χ1v) is 11.7. The lowest BCUT2D eigenvalue weighted by molar-refractivity contribution is 0.0928. The lowest BCUT2D eigenvalue weighted by Crippen LogP contribution is -2.44. The summed E-state index contributed by atoms with van der Waals surface area (Å²) < 4.78 is 1.78. The van der Waals surface area contributed by atoms with Gasteiger partial charge < -0.3 is 10.6 Å². The third kappa shape index (κ3) is 6.35. The van der Waals surface area contributed by atoms with Crippen molar-refractivity contribution in [2.45, 2.75) is 38.3 Å². The van der Waals surface area contributed by atoms with Crippen molar-refractivity contribution in [3.05, 3.63) is 47.8 Å². The van der Waals surface area contributed by atoms with E-state index in [2.05, 4.69) is 55.0 Å². The summed E-state index contributed by atoms with van der Waals surface area (Å²) >= 11 is 0. The van der Waals surface area contributed by atoms with Crippen LogP contribution in [0, 0.1) is 0 Å². The Morgan fingerprint density at radius 2 is 1.74 bits per heavy atom. The van der Waals surface area contributed by atoms with Crippen LogP contribution in [-0.4, -0.2) is 83.1 Å². The molecular weight excluding hydrogens is 390 g/mol. The van der Waals surface area contributed by atoms with Crippen LogP contribution in [-0.2, 0) is 6.54 Å². The minimum Gasteiger partial charge on any atom is -0.349 e. The van der Waals surface area contributed by atoms with E-state index in [0.717, 1.165) is 52.4 Å². The van der Waals surface area contributed by atoms with Crippen LogP contribution in [0.1, 0.15) is 47.8 Å². The highest BCUT2D eigenvalue weighted by Crippen LogP contribution is 2.23. The first-order chi connectivity index (χ1) is 15.3. The van der Waals surface area contributed by atoms with Crippen molar-refractivity contribution in [3.63, 3.8) is 0 Å². The Morgan fingerprint density at radius 1 is 1.00 bits per heavy atom. The van der Waals surface area contributed by atoms with Crippen LogP contribution < -0.4 is 10.6 Å². The highest BCUT2D eigenvalue weighted by atomic mass is 16.2. The van der Waals surface area contributed by atoms with Gasteiger partial charge in [0, 0.05) is 39.3 Å². The summed E-state index contributed by atoms with van der Waals surface area (Å²) in [6, 6.07) is 10.7. The maximum absolute atomic E-state index is 12.8. The molecule has 3 heterocycles. The highest BCUT2D eigenvalue weighted by molar-refractivity contribution is 5.91. The number of benzene rings is 1. The molecule has 4 rings (SSSR count). The van der Waals surface area contributed by atoms with Gasteiger partial charge in [0.05, 0.1) is 18.8 Å². The third-order valence-corrected chi connectivity index (χ3v) is 6.35. The van der Waals surface area contributed by atoms with Gasteiger partial charge in [-0.05, 0) is 31.5 Å². The van der Waals surface area contributed by atoms with E-state index in [0.29, 0.717) is 12.2 Å². The Balaban J connectivity index is 1.33.